The fourth-order valence-corrected chi connectivity index (χ4v) is 5.85. The maximum absolute atomic E-state index is 14.0. The Hall–Kier alpha value is -3.18. The summed E-state index contributed by atoms with van der Waals surface area (Å²) in [6.07, 6.45) is 1.32. The molecule has 1 aliphatic rings. The standard InChI is InChI=1S/C24H14Cl2FN3O4S2/c25-14-8-7-12(10-15(14)26)19-18(20(31)17-6-3-9-34-17)21(32)22(33)30(19)23-28-29-24(36-23)35-11-13-4-1-2-5-16(13)27/h1-10,19,32H,11H2. The first-order valence-corrected chi connectivity index (χ1v) is 12.9. The van der Waals surface area contributed by atoms with E-state index in [0.717, 1.165) is 11.3 Å². The molecule has 1 aliphatic heterocycles. The first kappa shape index (κ1) is 24.5. The number of carbonyl (C=O) groups excluding carboxylic acids is 2. The third kappa shape index (κ3) is 4.53. The number of thioether (sulfide) groups is 1. The average Bonchev–Trinajstić information content (AvgIpc) is 3.61. The number of anilines is 1. The number of carbonyl (C=O) groups is 2. The molecule has 0 aliphatic carbocycles. The molecule has 0 fully saturated rings. The third-order valence-electron chi connectivity index (χ3n) is 5.37. The number of amides is 1. The molecule has 0 saturated heterocycles. The SMILES string of the molecule is O=C(C1=C(O)C(=O)N(c2nnc(SCc3ccccc3F)s2)C1c1ccc(Cl)c(Cl)c1)c1ccco1. The minimum absolute atomic E-state index is 0.0466. The van der Waals surface area contributed by atoms with E-state index in [1.54, 1.807) is 24.3 Å². The van der Waals surface area contributed by atoms with E-state index < -0.39 is 23.5 Å². The van der Waals surface area contributed by atoms with E-state index in [2.05, 4.69) is 10.2 Å². The lowest BCUT2D eigenvalue weighted by atomic mass is 9.95. The average molecular weight is 562 g/mol. The van der Waals surface area contributed by atoms with E-state index in [1.807, 2.05) is 0 Å². The third-order valence-corrected chi connectivity index (χ3v) is 8.21. The number of rotatable bonds is 7. The zero-order valence-electron chi connectivity index (χ0n) is 18.0. The molecule has 2 aromatic carbocycles. The number of aromatic nitrogens is 2. The van der Waals surface area contributed by atoms with Crippen LogP contribution in [-0.2, 0) is 10.5 Å². The van der Waals surface area contributed by atoms with Gasteiger partial charge in [-0.3, -0.25) is 14.5 Å². The van der Waals surface area contributed by atoms with Gasteiger partial charge in [-0.2, -0.15) is 0 Å². The summed E-state index contributed by atoms with van der Waals surface area (Å²) in [5.74, 6) is -2.31. The van der Waals surface area contributed by atoms with E-state index >= 15 is 0 Å². The Morgan fingerprint density at radius 1 is 1.14 bits per heavy atom. The number of halogens is 3. The molecule has 1 atom stereocenters. The van der Waals surface area contributed by atoms with E-state index in [4.69, 9.17) is 27.6 Å². The molecule has 0 saturated carbocycles. The Balaban J connectivity index is 1.51. The molecule has 2 aromatic heterocycles. The van der Waals surface area contributed by atoms with Crippen molar-refractivity contribution in [2.24, 2.45) is 0 Å². The van der Waals surface area contributed by atoms with Crippen molar-refractivity contribution < 1.29 is 23.5 Å². The van der Waals surface area contributed by atoms with Gasteiger partial charge in [0.1, 0.15) is 5.82 Å². The van der Waals surface area contributed by atoms with Crippen LogP contribution in [-0.4, -0.2) is 27.0 Å². The van der Waals surface area contributed by atoms with Gasteiger partial charge in [0, 0.05) is 5.75 Å². The van der Waals surface area contributed by atoms with Crippen molar-refractivity contribution >= 4 is 63.1 Å². The van der Waals surface area contributed by atoms with Crippen molar-refractivity contribution in [3.05, 3.63) is 105 Å². The van der Waals surface area contributed by atoms with Gasteiger partial charge in [0.15, 0.2) is 15.9 Å². The second-order valence-corrected chi connectivity index (χ2v) is 10.5. The van der Waals surface area contributed by atoms with Gasteiger partial charge in [0.05, 0.1) is 27.9 Å². The second-order valence-electron chi connectivity index (χ2n) is 7.55. The molecular formula is C24H14Cl2FN3O4S2. The Morgan fingerprint density at radius 3 is 2.67 bits per heavy atom. The van der Waals surface area contributed by atoms with Crippen LogP contribution in [0.4, 0.5) is 9.52 Å². The van der Waals surface area contributed by atoms with Crippen LogP contribution in [0.2, 0.25) is 10.0 Å². The van der Waals surface area contributed by atoms with Gasteiger partial charge in [-0.15, -0.1) is 10.2 Å². The van der Waals surface area contributed by atoms with Gasteiger partial charge in [-0.25, -0.2) is 4.39 Å². The maximum Gasteiger partial charge on any atom is 0.296 e. The van der Waals surface area contributed by atoms with Crippen molar-refractivity contribution in [3.8, 4) is 0 Å². The number of aliphatic hydroxyl groups excluding tert-OH is 1. The molecule has 0 bridgehead atoms. The molecule has 1 unspecified atom stereocenters. The Labute approximate surface area is 222 Å². The summed E-state index contributed by atoms with van der Waals surface area (Å²) in [7, 11) is 0. The number of nitrogens with zero attached hydrogens (tertiary/aromatic N) is 3. The summed E-state index contributed by atoms with van der Waals surface area (Å²) in [6.45, 7) is 0. The van der Waals surface area contributed by atoms with Crippen LogP contribution in [0.15, 0.2) is 80.9 Å². The minimum Gasteiger partial charge on any atom is -0.503 e. The molecule has 1 amide bonds. The lowest BCUT2D eigenvalue weighted by molar-refractivity contribution is -0.117. The van der Waals surface area contributed by atoms with E-state index in [-0.39, 0.29) is 32.3 Å². The van der Waals surface area contributed by atoms with E-state index in [1.165, 1.54) is 53.3 Å². The summed E-state index contributed by atoms with van der Waals surface area (Å²) < 4.78 is 19.7. The van der Waals surface area contributed by atoms with Crippen molar-refractivity contribution in [1.29, 1.82) is 0 Å². The van der Waals surface area contributed by atoms with Crippen molar-refractivity contribution in [1.82, 2.24) is 10.2 Å². The van der Waals surface area contributed by atoms with Gasteiger partial charge >= 0.3 is 0 Å². The van der Waals surface area contributed by atoms with Gasteiger partial charge in [0.2, 0.25) is 10.9 Å². The number of hydrogen-bond donors (Lipinski definition) is 1. The van der Waals surface area contributed by atoms with Gasteiger partial charge in [0.25, 0.3) is 5.91 Å². The molecule has 12 heteroatoms. The summed E-state index contributed by atoms with van der Waals surface area (Å²) in [6, 6.07) is 12.9. The van der Waals surface area contributed by atoms with Crippen LogP contribution in [0.25, 0.3) is 0 Å². The number of furan rings is 1. The highest BCUT2D eigenvalue weighted by molar-refractivity contribution is 8.00. The molecule has 5 rings (SSSR count). The predicted molar refractivity (Wildman–Crippen MR) is 135 cm³/mol. The predicted octanol–water partition coefficient (Wildman–Crippen LogP) is 6.65. The smallest absolute Gasteiger partial charge is 0.296 e. The molecule has 0 spiro atoms. The lowest BCUT2D eigenvalue weighted by Crippen LogP contribution is -2.31. The molecule has 0 radical (unpaired) electrons. The van der Waals surface area contributed by atoms with Crippen LogP contribution < -0.4 is 4.90 Å². The molecule has 182 valence electrons. The number of Topliss-reactive ketones (excluding diaryl/α,β-unsaturated/α-hetero) is 1. The Morgan fingerprint density at radius 2 is 1.94 bits per heavy atom. The number of benzene rings is 2. The van der Waals surface area contributed by atoms with Gasteiger partial charge < -0.3 is 9.52 Å². The van der Waals surface area contributed by atoms with Crippen LogP contribution in [0.3, 0.4) is 0 Å². The highest BCUT2D eigenvalue weighted by Crippen LogP contribution is 2.44. The molecular weight excluding hydrogens is 548 g/mol. The van der Waals surface area contributed by atoms with E-state index in [9.17, 15) is 19.1 Å². The molecule has 7 nitrogen and oxygen atoms in total. The minimum atomic E-state index is -1.07. The highest BCUT2D eigenvalue weighted by Gasteiger charge is 2.46. The molecule has 1 N–H and O–H groups in total. The normalized spacial score (nSPS) is 15.7. The van der Waals surface area contributed by atoms with Crippen LogP contribution in [0, 0.1) is 5.82 Å². The Kier molecular flexibility index (Phi) is 6.85. The van der Waals surface area contributed by atoms with Crippen molar-refractivity contribution in [3.63, 3.8) is 0 Å². The fourth-order valence-electron chi connectivity index (χ4n) is 3.69. The topological polar surface area (TPSA) is 96.5 Å². The highest BCUT2D eigenvalue weighted by atomic mass is 35.5. The number of ketones is 1. The summed E-state index contributed by atoms with van der Waals surface area (Å²) in [5, 5.41) is 19.6. The van der Waals surface area contributed by atoms with Gasteiger partial charge in [-0.1, -0.05) is 70.6 Å². The molecule has 36 heavy (non-hydrogen) atoms. The molecule has 3 heterocycles. The first-order chi connectivity index (χ1) is 17.3. The van der Waals surface area contributed by atoms with Crippen molar-refractivity contribution in [2.45, 2.75) is 16.1 Å². The summed E-state index contributed by atoms with van der Waals surface area (Å²) in [5.41, 5.74) is 0.729. The zero-order valence-corrected chi connectivity index (χ0v) is 21.2. The second kappa shape index (κ2) is 10.1. The Bertz CT molecular complexity index is 1510. The fraction of sp³-hybridized carbons (Fsp3) is 0.0833. The number of hydrogen-bond acceptors (Lipinski definition) is 8. The molecule has 4 aromatic rings. The zero-order chi connectivity index (χ0) is 25.4. The summed E-state index contributed by atoms with van der Waals surface area (Å²) >= 11 is 14.6. The van der Waals surface area contributed by atoms with Crippen LogP contribution in [0.1, 0.15) is 27.7 Å². The maximum atomic E-state index is 14.0. The first-order valence-electron chi connectivity index (χ1n) is 10.3. The van der Waals surface area contributed by atoms with Gasteiger partial charge in [-0.05, 0) is 41.5 Å². The lowest BCUT2D eigenvalue weighted by Gasteiger charge is -2.24. The monoisotopic (exact) mass is 561 g/mol. The van der Waals surface area contributed by atoms with Crippen molar-refractivity contribution in [2.75, 3.05) is 4.90 Å². The van der Waals surface area contributed by atoms with Crippen LogP contribution in [0.5, 0.6) is 0 Å². The summed E-state index contributed by atoms with van der Waals surface area (Å²) in [4.78, 5) is 27.6. The number of aliphatic hydroxyl groups is 1. The van der Waals surface area contributed by atoms with Crippen LogP contribution >= 0.6 is 46.3 Å². The van der Waals surface area contributed by atoms with E-state index in [0.29, 0.717) is 21.2 Å². The quantitative estimate of drug-likeness (QED) is 0.153. The largest absolute Gasteiger partial charge is 0.503 e.